The number of ketones is 1. The Balaban J connectivity index is 1.95. The van der Waals surface area contributed by atoms with Crippen LogP contribution in [0.2, 0.25) is 0 Å². The fourth-order valence-corrected chi connectivity index (χ4v) is 4.37. The van der Waals surface area contributed by atoms with Crippen LogP contribution in [0.4, 0.5) is 5.82 Å². The fraction of sp³-hybridized carbons (Fsp3) is 0.227. The largest absolute Gasteiger partial charge is 0.422 e. The van der Waals surface area contributed by atoms with E-state index in [1.54, 1.807) is 18.2 Å². The first-order valence-corrected chi connectivity index (χ1v) is 11.0. The highest BCUT2D eigenvalue weighted by Gasteiger charge is 2.21. The van der Waals surface area contributed by atoms with Crippen LogP contribution in [-0.2, 0) is 6.42 Å². The molecule has 1 aromatic carbocycles. The molecule has 0 aliphatic heterocycles. The first kappa shape index (κ1) is 22.5. The zero-order valence-corrected chi connectivity index (χ0v) is 19.1. The van der Waals surface area contributed by atoms with E-state index in [0.29, 0.717) is 23.0 Å². The number of nitrogen functional groups attached to an aromatic ring is 1. The molecule has 0 radical (unpaired) electrons. The van der Waals surface area contributed by atoms with Crippen LogP contribution in [0.25, 0.3) is 11.0 Å². The second-order valence-corrected chi connectivity index (χ2v) is 9.07. The van der Waals surface area contributed by atoms with Crippen LogP contribution in [-0.4, -0.2) is 16.5 Å². The molecule has 0 spiro atoms. The number of carbonyl (C=O) groups is 1. The summed E-state index contributed by atoms with van der Waals surface area (Å²) in [4.78, 5) is 29.2. The molecule has 7 nitrogen and oxygen atoms in total. The van der Waals surface area contributed by atoms with Gasteiger partial charge in [-0.2, -0.15) is 10.5 Å². The highest BCUT2D eigenvalue weighted by molar-refractivity contribution is 9.10. The average molecular weight is 497 g/mol. The third-order valence-electron chi connectivity index (χ3n) is 4.47. The number of rotatable bonds is 6. The molecule has 0 amide bonds. The van der Waals surface area contributed by atoms with Gasteiger partial charge in [-0.05, 0) is 42.2 Å². The van der Waals surface area contributed by atoms with Crippen molar-refractivity contribution in [3.63, 3.8) is 0 Å². The molecule has 2 aromatic heterocycles. The number of aromatic nitrogens is 1. The number of nitrogens with two attached hydrogens (primary N) is 1. The Hall–Kier alpha value is -3.14. The lowest BCUT2D eigenvalue weighted by Crippen LogP contribution is -2.16. The van der Waals surface area contributed by atoms with Gasteiger partial charge in [-0.25, -0.2) is 9.78 Å². The van der Waals surface area contributed by atoms with Gasteiger partial charge in [-0.1, -0.05) is 41.5 Å². The van der Waals surface area contributed by atoms with Gasteiger partial charge in [0.25, 0.3) is 0 Å². The van der Waals surface area contributed by atoms with Crippen molar-refractivity contribution in [3.05, 3.63) is 61.4 Å². The van der Waals surface area contributed by atoms with Crippen LogP contribution < -0.4 is 11.4 Å². The fourth-order valence-electron chi connectivity index (χ4n) is 3.09. The topological polar surface area (TPSA) is 134 Å². The van der Waals surface area contributed by atoms with Crippen LogP contribution in [0.3, 0.4) is 0 Å². The summed E-state index contributed by atoms with van der Waals surface area (Å²) < 4.78 is 6.03. The number of anilines is 1. The van der Waals surface area contributed by atoms with Crippen molar-refractivity contribution in [3.8, 4) is 12.1 Å². The highest BCUT2D eigenvalue weighted by atomic mass is 79.9. The molecule has 3 aromatic rings. The maximum absolute atomic E-state index is 12.8. The number of benzene rings is 1. The van der Waals surface area contributed by atoms with Crippen LogP contribution in [0, 0.1) is 28.6 Å². The molecule has 0 atom stereocenters. The number of fused-ring (bicyclic) bond motifs is 1. The number of nitriles is 2. The molecule has 31 heavy (non-hydrogen) atoms. The Labute approximate surface area is 191 Å². The highest BCUT2D eigenvalue weighted by Crippen LogP contribution is 2.30. The lowest BCUT2D eigenvalue weighted by molar-refractivity contribution is 0.101. The van der Waals surface area contributed by atoms with E-state index in [4.69, 9.17) is 10.2 Å². The maximum atomic E-state index is 12.8. The maximum Gasteiger partial charge on any atom is 0.347 e. The average Bonchev–Trinajstić information content (AvgIpc) is 2.71. The van der Waals surface area contributed by atoms with E-state index >= 15 is 0 Å². The molecule has 9 heteroatoms. The predicted molar refractivity (Wildman–Crippen MR) is 122 cm³/mol. The Morgan fingerprint density at radius 2 is 1.97 bits per heavy atom. The Morgan fingerprint density at radius 3 is 2.61 bits per heavy atom. The second kappa shape index (κ2) is 9.34. The van der Waals surface area contributed by atoms with Crippen LogP contribution in [0.5, 0.6) is 0 Å². The molecule has 0 aliphatic carbocycles. The summed E-state index contributed by atoms with van der Waals surface area (Å²) in [7, 11) is 0. The molecule has 0 saturated carbocycles. The Bertz CT molecular complexity index is 1340. The molecule has 2 heterocycles. The number of Topliss-reactive ketones (excluding diaryl/α,β-unsaturated/α-hetero) is 1. The standard InChI is InChI=1S/C22H17BrN4O3S/c1-11(2)5-14-16(8-24)20(26)27-21(17(14)9-25)31-10-18(28)15-7-12-6-13(23)3-4-19(12)30-22(15)29/h3-4,6-7,11H,5,10H2,1-2H3,(H2,26,27). The summed E-state index contributed by atoms with van der Waals surface area (Å²) in [5.74, 6) is -0.401. The van der Waals surface area contributed by atoms with Crippen molar-refractivity contribution < 1.29 is 9.21 Å². The van der Waals surface area contributed by atoms with E-state index in [1.807, 2.05) is 19.9 Å². The zero-order valence-electron chi connectivity index (χ0n) is 16.7. The number of nitrogens with zero attached hydrogens (tertiary/aromatic N) is 3. The van der Waals surface area contributed by atoms with E-state index in [0.717, 1.165) is 16.2 Å². The number of hydrogen-bond donors (Lipinski definition) is 1. The molecular formula is C22H17BrN4O3S. The normalized spacial score (nSPS) is 10.8. The van der Waals surface area contributed by atoms with Crippen LogP contribution in [0.1, 0.15) is 40.9 Å². The third kappa shape index (κ3) is 4.79. The summed E-state index contributed by atoms with van der Waals surface area (Å²) >= 11 is 4.35. The first-order valence-electron chi connectivity index (χ1n) is 9.27. The molecule has 0 fully saturated rings. The van der Waals surface area contributed by atoms with Crippen LogP contribution >= 0.6 is 27.7 Å². The van der Waals surface area contributed by atoms with Gasteiger partial charge >= 0.3 is 5.63 Å². The third-order valence-corrected chi connectivity index (χ3v) is 5.93. The number of halogens is 1. The number of pyridine rings is 1. The molecule has 0 bridgehead atoms. The summed E-state index contributed by atoms with van der Waals surface area (Å²) in [6.07, 6.45) is 0.475. The minimum Gasteiger partial charge on any atom is -0.422 e. The lowest BCUT2D eigenvalue weighted by atomic mass is 9.95. The molecule has 0 aliphatic rings. The van der Waals surface area contributed by atoms with Crippen LogP contribution in [0.15, 0.2) is 43.0 Å². The predicted octanol–water partition coefficient (Wildman–Crippen LogP) is 4.45. The lowest BCUT2D eigenvalue weighted by Gasteiger charge is -2.14. The van der Waals surface area contributed by atoms with Gasteiger partial charge in [0.05, 0.1) is 16.9 Å². The molecule has 0 saturated heterocycles. The molecule has 3 rings (SSSR count). The minimum absolute atomic E-state index is 0.0159. The minimum atomic E-state index is -0.728. The smallest absolute Gasteiger partial charge is 0.347 e. The van der Waals surface area contributed by atoms with Crippen molar-refractivity contribution in [1.82, 2.24) is 4.98 Å². The van der Waals surface area contributed by atoms with E-state index in [2.05, 4.69) is 27.0 Å². The van der Waals surface area contributed by atoms with E-state index < -0.39 is 11.4 Å². The number of hydrogen-bond acceptors (Lipinski definition) is 8. The van der Waals surface area contributed by atoms with Crippen molar-refractivity contribution >= 4 is 50.3 Å². The number of carbonyl (C=O) groups excluding carboxylic acids is 1. The summed E-state index contributed by atoms with van der Waals surface area (Å²) in [6, 6.07) is 10.7. The first-order chi connectivity index (χ1) is 14.7. The molecule has 0 unspecified atom stereocenters. The molecular weight excluding hydrogens is 480 g/mol. The van der Waals surface area contributed by atoms with E-state index in [9.17, 15) is 20.1 Å². The summed E-state index contributed by atoms with van der Waals surface area (Å²) in [5.41, 5.74) is 6.44. The number of thioether (sulfide) groups is 1. The Morgan fingerprint density at radius 1 is 1.26 bits per heavy atom. The quantitative estimate of drug-likeness (QED) is 0.300. The van der Waals surface area contributed by atoms with E-state index in [-0.39, 0.29) is 39.2 Å². The summed E-state index contributed by atoms with van der Waals surface area (Å²) in [5, 5.41) is 20.0. The van der Waals surface area contributed by atoms with Gasteiger partial charge < -0.3 is 10.2 Å². The molecule has 2 N–H and O–H groups in total. The van der Waals surface area contributed by atoms with Crippen molar-refractivity contribution in [2.45, 2.75) is 25.3 Å². The van der Waals surface area contributed by atoms with E-state index in [1.165, 1.54) is 6.07 Å². The SMILES string of the molecule is CC(C)Cc1c(C#N)c(N)nc(SCC(=O)c2cc3cc(Br)ccc3oc2=O)c1C#N. The van der Waals surface area contributed by atoms with Gasteiger partial charge in [0, 0.05) is 9.86 Å². The molecule has 156 valence electrons. The monoisotopic (exact) mass is 496 g/mol. The van der Waals surface area contributed by atoms with Gasteiger partial charge in [0.15, 0.2) is 5.78 Å². The van der Waals surface area contributed by atoms with Crippen molar-refractivity contribution in [1.29, 1.82) is 10.5 Å². The van der Waals surface area contributed by atoms with Gasteiger partial charge in [0.2, 0.25) is 0 Å². The van der Waals surface area contributed by atoms with Crippen molar-refractivity contribution in [2.24, 2.45) is 5.92 Å². The van der Waals surface area contributed by atoms with Gasteiger partial charge in [-0.15, -0.1) is 0 Å². The van der Waals surface area contributed by atoms with Crippen molar-refractivity contribution in [2.75, 3.05) is 11.5 Å². The summed E-state index contributed by atoms with van der Waals surface area (Å²) in [6.45, 7) is 3.93. The second-order valence-electron chi connectivity index (χ2n) is 7.19. The van der Waals surface area contributed by atoms with Gasteiger partial charge in [0.1, 0.15) is 34.1 Å². The zero-order chi connectivity index (χ0) is 22.7. The Kier molecular flexibility index (Phi) is 6.79. The van der Waals surface area contributed by atoms with Gasteiger partial charge in [-0.3, -0.25) is 4.79 Å².